The molecule has 0 aliphatic rings. The molecule has 1 aromatic heterocycles. The molecule has 0 aliphatic heterocycles. The van der Waals surface area contributed by atoms with Crippen molar-refractivity contribution < 1.29 is 13.2 Å². The number of nitrogens with one attached hydrogen (secondary N) is 1. The molecule has 2 aromatic carbocycles. The molecule has 1 heterocycles. The highest BCUT2D eigenvalue weighted by atomic mass is 32.2. The lowest BCUT2D eigenvalue weighted by Gasteiger charge is -2.11. The summed E-state index contributed by atoms with van der Waals surface area (Å²) in [6.07, 6.45) is 0.693. The number of nitrogens with zero attached hydrogens (tertiary/aromatic N) is 1. The van der Waals surface area contributed by atoms with Gasteiger partial charge in [0.15, 0.2) is 0 Å². The maximum absolute atomic E-state index is 12.8. The van der Waals surface area contributed by atoms with Crippen LogP contribution >= 0.6 is 0 Å². The third kappa shape index (κ3) is 3.07. The molecule has 0 spiro atoms. The Morgan fingerprint density at radius 2 is 1.79 bits per heavy atom. The second-order valence-corrected chi connectivity index (χ2v) is 7.07. The van der Waals surface area contributed by atoms with E-state index in [4.69, 9.17) is 5.73 Å². The van der Waals surface area contributed by atoms with E-state index in [1.165, 1.54) is 24.3 Å². The van der Waals surface area contributed by atoms with E-state index in [9.17, 15) is 13.2 Å². The minimum absolute atomic E-state index is 0.0595. The molecular formula is C17H15N3O3S. The molecule has 0 atom stereocenters. The van der Waals surface area contributed by atoms with E-state index in [1.807, 2.05) is 13.0 Å². The molecule has 0 bridgehead atoms. The fourth-order valence-corrected chi connectivity index (χ4v) is 3.72. The number of pyridine rings is 1. The summed E-state index contributed by atoms with van der Waals surface area (Å²) in [6, 6.07) is 12.9. The van der Waals surface area contributed by atoms with Crippen molar-refractivity contribution in [3.63, 3.8) is 0 Å². The average molecular weight is 341 g/mol. The first kappa shape index (κ1) is 15.9. The van der Waals surface area contributed by atoms with E-state index >= 15 is 0 Å². The summed E-state index contributed by atoms with van der Waals surface area (Å²) in [5, 5.41) is 0.695. The lowest BCUT2D eigenvalue weighted by Crippen LogP contribution is -2.14. The fraction of sp³-hybridized carbons (Fsp3) is 0.0588. The Labute approximate surface area is 139 Å². The standard InChI is InChI=1S/C17H15N3O3S/c1-11-8-13-4-7-16(18)19-17(13)15(9-11)24(22,23)20-14-5-2-12(10-21)3-6-14/h2-10,20H,1H3,(H2,18,19). The van der Waals surface area contributed by atoms with Crippen LogP contribution in [-0.4, -0.2) is 19.7 Å². The van der Waals surface area contributed by atoms with Crippen molar-refractivity contribution in [3.8, 4) is 0 Å². The zero-order valence-corrected chi connectivity index (χ0v) is 13.7. The highest BCUT2D eigenvalue weighted by Gasteiger charge is 2.19. The van der Waals surface area contributed by atoms with Crippen LogP contribution in [0.2, 0.25) is 0 Å². The third-order valence-corrected chi connectivity index (χ3v) is 4.91. The van der Waals surface area contributed by atoms with Crippen LogP contribution in [0.25, 0.3) is 10.9 Å². The number of nitrogens with two attached hydrogens (primary N) is 1. The van der Waals surface area contributed by atoms with Crippen LogP contribution in [0, 0.1) is 6.92 Å². The number of sulfonamides is 1. The molecule has 24 heavy (non-hydrogen) atoms. The van der Waals surface area contributed by atoms with Crippen LogP contribution in [0.4, 0.5) is 11.5 Å². The second-order valence-electron chi connectivity index (χ2n) is 5.42. The summed E-state index contributed by atoms with van der Waals surface area (Å²) in [6.45, 7) is 1.81. The van der Waals surface area contributed by atoms with Gasteiger partial charge in [-0.05, 0) is 61.0 Å². The number of aromatic nitrogens is 1. The first-order valence-electron chi connectivity index (χ1n) is 7.14. The summed E-state index contributed by atoms with van der Waals surface area (Å²) < 4.78 is 28.0. The van der Waals surface area contributed by atoms with Crippen LogP contribution in [-0.2, 0) is 10.0 Å². The Hall–Kier alpha value is -2.93. The van der Waals surface area contributed by atoms with Gasteiger partial charge in [0.1, 0.15) is 17.0 Å². The number of anilines is 2. The van der Waals surface area contributed by atoms with E-state index in [1.54, 1.807) is 18.2 Å². The van der Waals surface area contributed by atoms with Crippen molar-refractivity contribution in [1.82, 2.24) is 4.98 Å². The zero-order chi connectivity index (χ0) is 17.3. The largest absolute Gasteiger partial charge is 0.384 e. The first-order chi connectivity index (χ1) is 11.4. The number of aldehydes is 1. The van der Waals surface area contributed by atoms with Gasteiger partial charge in [0.2, 0.25) is 0 Å². The summed E-state index contributed by atoms with van der Waals surface area (Å²) in [5.74, 6) is 0.248. The van der Waals surface area contributed by atoms with Gasteiger partial charge in [-0.3, -0.25) is 9.52 Å². The van der Waals surface area contributed by atoms with E-state index in [0.29, 0.717) is 28.4 Å². The lowest BCUT2D eigenvalue weighted by atomic mass is 10.1. The molecule has 3 rings (SSSR count). The van der Waals surface area contributed by atoms with E-state index < -0.39 is 10.0 Å². The third-order valence-electron chi connectivity index (χ3n) is 3.51. The number of fused-ring (bicyclic) bond motifs is 1. The predicted octanol–water partition coefficient (Wildman–Crippen LogP) is 2.74. The molecule has 0 saturated heterocycles. The molecule has 6 nitrogen and oxygen atoms in total. The zero-order valence-electron chi connectivity index (χ0n) is 12.9. The number of carbonyl (C=O) groups excluding carboxylic acids is 1. The van der Waals surface area contributed by atoms with Gasteiger partial charge in [-0.25, -0.2) is 13.4 Å². The quantitative estimate of drug-likeness (QED) is 0.710. The Kier molecular flexibility index (Phi) is 3.94. The van der Waals surface area contributed by atoms with E-state index in [-0.39, 0.29) is 10.7 Å². The summed E-state index contributed by atoms with van der Waals surface area (Å²) in [7, 11) is -3.86. The van der Waals surface area contributed by atoms with Gasteiger partial charge in [0.05, 0.1) is 5.52 Å². The van der Waals surface area contributed by atoms with Crippen molar-refractivity contribution in [1.29, 1.82) is 0 Å². The lowest BCUT2D eigenvalue weighted by molar-refractivity contribution is 0.112. The predicted molar refractivity (Wildman–Crippen MR) is 93.5 cm³/mol. The van der Waals surface area contributed by atoms with Crippen LogP contribution in [0.15, 0.2) is 53.4 Å². The van der Waals surface area contributed by atoms with Crippen LogP contribution in [0.3, 0.4) is 0 Å². The molecule has 3 N–H and O–H groups in total. The van der Waals surface area contributed by atoms with Crippen molar-refractivity contribution in [2.75, 3.05) is 10.5 Å². The minimum atomic E-state index is -3.86. The van der Waals surface area contributed by atoms with Crippen LogP contribution in [0.5, 0.6) is 0 Å². The number of aryl methyl sites for hydroxylation is 1. The Balaban J connectivity index is 2.10. The van der Waals surface area contributed by atoms with Crippen molar-refractivity contribution >= 4 is 38.7 Å². The smallest absolute Gasteiger partial charge is 0.264 e. The van der Waals surface area contributed by atoms with Gasteiger partial charge in [-0.15, -0.1) is 0 Å². The van der Waals surface area contributed by atoms with Gasteiger partial charge >= 0.3 is 0 Å². The summed E-state index contributed by atoms with van der Waals surface area (Å²) in [5.41, 5.74) is 7.64. The summed E-state index contributed by atoms with van der Waals surface area (Å²) in [4.78, 5) is 14.9. The van der Waals surface area contributed by atoms with Crippen LogP contribution in [0.1, 0.15) is 15.9 Å². The van der Waals surface area contributed by atoms with Crippen LogP contribution < -0.4 is 10.5 Å². The maximum atomic E-state index is 12.8. The first-order valence-corrected chi connectivity index (χ1v) is 8.62. The molecule has 0 aliphatic carbocycles. The van der Waals surface area contributed by atoms with Gasteiger partial charge in [0, 0.05) is 16.6 Å². The Morgan fingerprint density at radius 3 is 2.46 bits per heavy atom. The molecule has 0 saturated carbocycles. The second kappa shape index (κ2) is 5.93. The van der Waals surface area contributed by atoms with Gasteiger partial charge in [-0.2, -0.15) is 0 Å². The molecule has 0 unspecified atom stereocenters. The fourth-order valence-electron chi connectivity index (χ4n) is 2.41. The molecule has 122 valence electrons. The van der Waals surface area contributed by atoms with E-state index in [2.05, 4.69) is 9.71 Å². The van der Waals surface area contributed by atoms with Gasteiger partial charge in [0.25, 0.3) is 10.0 Å². The summed E-state index contributed by atoms with van der Waals surface area (Å²) >= 11 is 0. The van der Waals surface area contributed by atoms with E-state index in [0.717, 1.165) is 5.56 Å². The maximum Gasteiger partial charge on any atom is 0.264 e. The number of hydrogen-bond donors (Lipinski definition) is 2. The molecule has 7 heteroatoms. The highest BCUT2D eigenvalue weighted by molar-refractivity contribution is 7.93. The molecular weight excluding hydrogens is 326 g/mol. The minimum Gasteiger partial charge on any atom is -0.384 e. The topological polar surface area (TPSA) is 102 Å². The van der Waals surface area contributed by atoms with Crippen molar-refractivity contribution in [2.45, 2.75) is 11.8 Å². The Bertz CT molecular complexity index is 1030. The molecule has 0 fully saturated rings. The SMILES string of the molecule is Cc1cc(S(=O)(=O)Nc2ccc(C=O)cc2)c2nc(N)ccc2c1. The Morgan fingerprint density at radius 1 is 1.08 bits per heavy atom. The molecule has 3 aromatic rings. The number of benzene rings is 2. The molecule has 0 radical (unpaired) electrons. The highest BCUT2D eigenvalue weighted by Crippen LogP contribution is 2.26. The van der Waals surface area contributed by atoms with Gasteiger partial charge in [-0.1, -0.05) is 0 Å². The number of rotatable bonds is 4. The molecule has 0 amide bonds. The average Bonchev–Trinajstić information content (AvgIpc) is 2.55. The monoisotopic (exact) mass is 341 g/mol. The number of nitrogen functional groups attached to an aromatic ring is 1. The van der Waals surface area contributed by atoms with Crippen molar-refractivity contribution in [3.05, 3.63) is 59.7 Å². The number of carbonyl (C=O) groups is 1. The normalized spacial score (nSPS) is 11.4. The van der Waals surface area contributed by atoms with Crippen molar-refractivity contribution in [2.24, 2.45) is 0 Å². The van der Waals surface area contributed by atoms with Gasteiger partial charge < -0.3 is 5.73 Å². The number of hydrogen-bond acceptors (Lipinski definition) is 5.